The second kappa shape index (κ2) is 20.3. The van der Waals surface area contributed by atoms with Crippen LogP contribution in [0.15, 0.2) is 164 Å². The lowest BCUT2D eigenvalue weighted by Gasteiger charge is -2.46. The molecular weight excluding hydrogens is 873 g/mol. The summed E-state index contributed by atoms with van der Waals surface area (Å²) in [6.45, 7) is 1.14. The standard InChI is InChI=1S/C56H52N4O9/c1-36(38-17-6-2-7-18-38)58-55(67)59-45-30-25-37(16-14-15-31-61)34-44(45)56(54(59)66)47(52(64)57-35-46(63)39-19-8-3-9-20-39)49-53(65)69-50(41-23-12-5-13-24-41)48(40-21-10-4-11-22-40)60(49)51(56)42-26-28-43(29-27-42)68-33-32-62/h2-13,17-30,34,36,46-51,61-63H,15,31-33,35H2,1H3,(H,57,64)(H,58,67)/t36-,46+,47-,48-,49-,50+,51+,56-/m1/s1. The zero-order valence-electron chi connectivity index (χ0n) is 37.9. The molecule has 8 atom stereocenters. The first kappa shape index (κ1) is 46.5. The van der Waals surface area contributed by atoms with E-state index in [-0.39, 0.29) is 44.0 Å². The van der Waals surface area contributed by atoms with Gasteiger partial charge in [0.05, 0.1) is 49.0 Å². The summed E-state index contributed by atoms with van der Waals surface area (Å²) in [5, 5.41) is 36.7. The Labute approximate surface area is 400 Å². The SMILES string of the molecule is C[C@@H](NC(=O)N1C(=O)[C@@]2(c3cc(C#CCCO)ccc31)[C@H](c1ccc(OCCO)cc1)N1[C@H](c3ccccc3)[C@H](c3ccccc3)OC(=O)[C@H]1[C@@H]2C(=O)NC[C@H](O)c1ccccc1)c1ccccc1. The van der Waals surface area contributed by atoms with E-state index in [9.17, 15) is 15.3 Å². The molecule has 0 saturated carbocycles. The van der Waals surface area contributed by atoms with Crippen LogP contribution in [0.2, 0.25) is 0 Å². The zero-order chi connectivity index (χ0) is 48.1. The highest BCUT2D eigenvalue weighted by Crippen LogP contribution is 2.66. The van der Waals surface area contributed by atoms with E-state index in [1.165, 1.54) is 0 Å². The summed E-state index contributed by atoms with van der Waals surface area (Å²) >= 11 is 0. The van der Waals surface area contributed by atoms with Crippen molar-refractivity contribution in [3.8, 4) is 17.6 Å². The third kappa shape index (κ3) is 8.75. The van der Waals surface area contributed by atoms with Crippen LogP contribution in [0.3, 0.4) is 0 Å². The Bertz CT molecular complexity index is 2860. The van der Waals surface area contributed by atoms with Gasteiger partial charge in [-0.3, -0.25) is 19.3 Å². The summed E-state index contributed by atoms with van der Waals surface area (Å²) < 4.78 is 12.4. The molecule has 0 aromatic heterocycles. The number of imide groups is 1. The van der Waals surface area contributed by atoms with Gasteiger partial charge in [0.15, 0.2) is 0 Å². The first-order valence-electron chi connectivity index (χ1n) is 23.0. The fourth-order valence-electron chi connectivity index (χ4n) is 10.3. The predicted octanol–water partition coefficient (Wildman–Crippen LogP) is 6.78. The van der Waals surface area contributed by atoms with Crippen LogP contribution in [0, 0.1) is 17.8 Å². The number of ether oxygens (including phenoxy) is 2. The first-order valence-corrected chi connectivity index (χ1v) is 23.0. The molecule has 3 aliphatic rings. The number of aliphatic hydroxyl groups excluding tert-OH is 3. The summed E-state index contributed by atoms with van der Waals surface area (Å²) in [5.41, 5.74) is 2.06. The van der Waals surface area contributed by atoms with Crippen LogP contribution in [0.5, 0.6) is 5.75 Å². The van der Waals surface area contributed by atoms with E-state index in [0.29, 0.717) is 28.0 Å². The summed E-state index contributed by atoms with van der Waals surface area (Å²) in [4.78, 5) is 65.7. The van der Waals surface area contributed by atoms with E-state index in [1.807, 2.05) is 109 Å². The number of carbonyl (C=O) groups is 4. The number of anilines is 1. The number of benzene rings is 6. The van der Waals surface area contributed by atoms with Gasteiger partial charge in [0.1, 0.15) is 29.9 Å². The van der Waals surface area contributed by atoms with Gasteiger partial charge in [-0.2, -0.15) is 0 Å². The fraction of sp³-hybridized carbons (Fsp3) is 0.250. The number of nitrogens with zero attached hydrogens (tertiary/aromatic N) is 2. The third-order valence-electron chi connectivity index (χ3n) is 13.3. The van der Waals surface area contributed by atoms with Gasteiger partial charge >= 0.3 is 12.0 Å². The molecule has 3 aliphatic heterocycles. The van der Waals surface area contributed by atoms with Crippen LogP contribution in [-0.4, -0.2) is 76.4 Å². The minimum atomic E-state index is -2.07. The van der Waals surface area contributed by atoms with E-state index in [1.54, 1.807) is 66.7 Å². The number of nitrogens with one attached hydrogen (secondary N) is 2. The van der Waals surface area contributed by atoms with E-state index in [0.717, 1.165) is 16.0 Å². The molecule has 0 radical (unpaired) electrons. The number of hydrogen-bond donors (Lipinski definition) is 5. The number of aliphatic hydroxyl groups is 3. The highest BCUT2D eigenvalue weighted by atomic mass is 16.6. The van der Waals surface area contributed by atoms with Gasteiger partial charge in [-0.05, 0) is 70.6 Å². The van der Waals surface area contributed by atoms with Crippen molar-refractivity contribution in [2.75, 3.05) is 31.3 Å². The molecule has 350 valence electrons. The van der Waals surface area contributed by atoms with Crippen LogP contribution in [0.4, 0.5) is 10.5 Å². The Hall–Kier alpha value is -7.60. The largest absolute Gasteiger partial charge is 0.491 e. The van der Waals surface area contributed by atoms with Gasteiger partial charge in [-0.25, -0.2) is 9.69 Å². The molecule has 2 fully saturated rings. The van der Waals surface area contributed by atoms with Gasteiger partial charge in [-0.15, -0.1) is 0 Å². The number of morpholine rings is 1. The van der Waals surface area contributed by atoms with Crippen molar-refractivity contribution < 1.29 is 44.0 Å². The van der Waals surface area contributed by atoms with Crippen LogP contribution in [-0.2, 0) is 24.5 Å². The van der Waals surface area contributed by atoms with E-state index in [4.69, 9.17) is 9.47 Å². The van der Waals surface area contributed by atoms with Crippen LogP contribution in [0.25, 0.3) is 0 Å². The summed E-state index contributed by atoms with van der Waals surface area (Å²) in [6, 6.07) is 44.1. The molecule has 3 heterocycles. The fourth-order valence-corrected chi connectivity index (χ4v) is 10.3. The van der Waals surface area contributed by atoms with Crippen molar-refractivity contribution in [3.63, 3.8) is 0 Å². The molecule has 13 nitrogen and oxygen atoms in total. The van der Waals surface area contributed by atoms with Gasteiger partial charge in [0.25, 0.3) is 0 Å². The maximum atomic E-state index is 16.6. The van der Waals surface area contributed by atoms with Crippen molar-refractivity contribution in [1.82, 2.24) is 15.5 Å². The smallest absolute Gasteiger partial charge is 0.329 e. The Balaban J connectivity index is 1.32. The maximum absolute atomic E-state index is 16.6. The van der Waals surface area contributed by atoms with Crippen LogP contribution in [0.1, 0.15) is 82.6 Å². The van der Waals surface area contributed by atoms with Crippen LogP contribution < -0.4 is 20.3 Å². The molecule has 13 heteroatoms. The molecule has 5 N–H and O–H groups in total. The number of rotatable bonds is 13. The Morgan fingerprint density at radius 2 is 1.38 bits per heavy atom. The molecule has 0 aliphatic carbocycles. The van der Waals surface area contributed by atoms with Gasteiger partial charge in [-0.1, -0.05) is 145 Å². The molecule has 6 aromatic carbocycles. The Morgan fingerprint density at radius 3 is 2.01 bits per heavy atom. The Kier molecular flexibility index (Phi) is 13.7. The van der Waals surface area contributed by atoms with E-state index >= 15 is 19.2 Å². The second-order valence-electron chi connectivity index (χ2n) is 17.3. The number of amides is 4. The third-order valence-corrected chi connectivity index (χ3v) is 13.3. The lowest BCUT2D eigenvalue weighted by Crippen LogP contribution is -2.56. The first-order chi connectivity index (χ1) is 33.7. The molecule has 9 rings (SSSR count). The minimum absolute atomic E-state index is 0.0239. The average Bonchev–Trinajstić information content (AvgIpc) is 3.84. The second-order valence-corrected chi connectivity index (χ2v) is 17.3. The van der Waals surface area contributed by atoms with Crippen molar-refractivity contribution in [2.45, 2.75) is 55.1 Å². The molecule has 2 saturated heterocycles. The molecule has 0 bridgehead atoms. The molecule has 69 heavy (non-hydrogen) atoms. The number of esters is 1. The predicted molar refractivity (Wildman–Crippen MR) is 257 cm³/mol. The monoisotopic (exact) mass is 924 g/mol. The highest BCUT2D eigenvalue weighted by molar-refractivity contribution is 6.24. The zero-order valence-corrected chi connectivity index (χ0v) is 37.9. The average molecular weight is 925 g/mol. The minimum Gasteiger partial charge on any atom is -0.491 e. The summed E-state index contributed by atoms with van der Waals surface area (Å²) in [7, 11) is 0. The van der Waals surface area contributed by atoms with Gasteiger partial charge in [0.2, 0.25) is 11.8 Å². The summed E-state index contributed by atoms with van der Waals surface area (Å²) in [6.07, 6.45) is -1.94. The lowest BCUT2D eigenvalue weighted by molar-refractivity contribution is -0.178. The molecule has 0 unspecified atom stereocenters. The topological polar surface area (TPSA) is 178 Å². The van der Waals surface area contributed by atoms with Crippen molar-refractivity contribution in [1.29, 1.82) is 0 Å². The van der Waals surface area contributed by atoms with Gasteiger partial charge < -0.3 is 35.4 Å². The summed E-state index contributed by atoms with van der Waals surface area (Å²) in [5.74, 6) is 2.63. The molecule has 6 aromatic rings. The molecule has 4 amide bonds. The number of fused-ring (bicyclic) bond motifs is 3. The van der Waals surface area contributed by atoms with Crippen molar-refractivity contribution >= 4 is 29.5 Å². The number of carbonyl (C=O) groups excluding carboxylic acids is 4. The number of cyclic esters (lactones) is 1. The van der Waals surface area contributed by atoms with E-state index < -0.39 is 71.5 Å². The van der Waals surface area contributed by atoms with Gasteiger partial charge in [0, 0.05) is 18.5 Å². The maximum Gasteiger partial charge on any atom is 0.329 e. The lowest BCUT2D eigenvalue weighted by atomic mass is 9.65. The Morgan fingerprint density at radius 1 is 0.754 bits per heavy atom. The number of hydrogen-bond acceptors (Lipinski definition) is 10. The van der Waals surface area contributed by atoms with Crippen molar-refractivity contribution in [2.24, 2.45) is 5.92 Å². The normalized spacial score (nSPS) is 22.4. The molecule has 1 spiro atoms. The quantitative estimate of drug-likeness (QED) is 0.0613. The van der Waals surface area contributed by atoms with Crippen LogP contribution >= 0.6 is 0 Å². The molecular formula is C56H52N4O9. The van der Waals surface area contributed by atoms with Crippen molar-refractivity contribution in [3.05, 3.63) is 203 Å². The highest BCUT2D eigenvalue weighted by Gasteiger charge is 2.75. The number of urea groups is 1. The van der Waals surface area contributed by atoms with E-state index in [2.05, 4.69) is 22.5 Å².